The third-order valence-electron chi connectivity index (χ3n) is 3.56. The van der Waals surface area contributed by atoms with E-state index in [1.54, 1.807) is 12.3 Å². The number of aliphatic hydroxyl groups is 1. The van der Waals surface area contributed by atoms with Gasteiger partial charge >= 0.3 is 0 Å². The highest BCUT2D eigenvalue weighted by Gasteiger charge is 2.09. The second-order valence-electron chi connectivity index (χ2n) is 5.60. The molecule has 0 fully saturated rings. The highest BCUT2D eigenvalue weighted by atomic mass is 127. The van der Waals surface area contributed by atoms with Crippen molar-refractivity contribution in [3.63, 3.8) is 0 Å². The molecule has 0 spiro atoms. The normalized spacial score (nSPS) is 12.2. The topological polar surface area (TPSA) is 98.9 Å². The Morgan fingerprint density at radius 1 is 1.28 bits per heavy atom. The monoisotopic (exact) mass is 466 g/mol. The molecule has 1 rings (SSSR count). The minimum Gasteiger partial charge on any atom is -0.467 e. The van der Waals surface area contributed by atoms with E-state index in [1.165, 1.54) is 0 Å². The van der Waals surface area contributed by atoms with Gasteiger partial charge in [0.1, 0.15) is 12.3 Å². The van der Waals surface area contributed by atoms with Crippen LogP contribution in [0.2, 0.25) is 0 Å². The zero-order valence-corrected chi connectivity index (χ0v) is 17.4. The maximum atomic E-state index is 11.8. The molecule has 1 aromatic rings. The van der Waals surface area contributed by atoms with Crippen LogP contribution in [0.25, 0.3) is 0 Å². The third kappa shape index (κ3) is 11.0. The predicted molar refractivity (Wildman–Crippen MR) is 110 cm³/mol. The Morgan fingerprint density at radius 2 is 2.08 bits per heavy atom. The van der Waals surface area contributed by atoms with Gasteiger partial charge in [-0.3, -0.25) is 4.79 Å². The van der Waals surface area contributed by atoms with Gasteiger partial charge in [-0.2, -0.15) is 0 Å². The van der Waals surface area contributed by atoms with Gasteiger partial charge in [0.2, 0.25) is 5.91 Å². The SMILES string of the molecule is CCCC(CCO)CNC(=NCC(=O)NCc1ccco1)NCC.I. The Labute approximate surface area is 167 Å². The van der Waals surface area contributed by atoms with Crippen molar-refractivity contribution in [2.24, 2.45) is 10.9 Å². The molecule has 1 heterocycles. The van der Waals surface area contributed by atoms with E-state index in [2.05, 4.69) is 27.9 Å². The molecule has 0 saturated carbocycles. The quantitative estimate of drug-likeness (QED) is 0.227. The second kappa shape index (κ2) is 15.0. The van der Waals surface area contributed by atoms with Crippen LogP contribution in [-0.4, -0.2) is 43.2 Å². The van der Waals surface area contributed by atoms with Crippen LogP contribution in [0.3, 0.4) is 0 Å². The number of nitrogens with zero attached hydrogens (tertiary/aromatic N) is 1. The van der Waals surface area contributed by atoms with Crippen LogP contribution in [-0.2, 0) is 11.3 Å². The third-order valence-corrected chi connectivity index (χ3v) is 3.56. The Kier molecular flexibility index (Phi) is 14.2. The van der Waals surface area contributed by atoms with Gasteiger partial charge in [0.25, 0.3) is 0 Å². The largest absolute Gasteiger partial charge is 0.467 e. The maximum absolute atomic E-state index is 11.8. The number of hydrogen-bond acceptors (Lipinski definition) is 4. The number of carbonyl (C=O) groups is 1. The molecule has 0 aliphatic carbocycles. The van der Waals surface area contributed by atoms with Crippen molar-refractivity contribution in [2.75, 3.05) is 26.2 Å². The average molecular weight is 466 g/mol. The summed E-state index contributed by atoms with van der Waals surface area (Å²) in [6, 6.07) is 3.59. The van der Waals surface area contributed by atoms with Gasteiger partial charge in [-0.25, -0.2) is 4.99 Å². The molecular weight excluding hydrogens is 435 g/mol. The van der Waals surface area contributed by atoms with Gasteiger partial charge in [-0.1, -0.05) is 13.3 Å². The molecule has 25 heavy (non-hydrogen) atoms. The van der Waals surface area contributed by atoms with Crippen LogP contribution in [0, 0.1) is 5.92 Å². The smallest absolute Gasteiger partial charge is 0.242 e. The summed E-state index contributed by atoms with van der Waals surface area (Å²) >= 11 is 0. The fourth-order valence-corrected chi connectivity index (χ4v) is 2.33. The second-order valence-corrected chi connectivity index (χ2v) is 5.60. The molecule has 0 radical (unpaired) electrons. The Morgan fingerprint density at radius 3 is 2.68 bits per heavy atom. The maximum Gasteiger partial charge on any atom is 0.242 e. The van der Waals surface area contributed by atoms with Crippen molar-refractivity contribution in [3.05, 3.63) is 24.2 Å². The molecule has 8 heteroatoms. The first-order valence-corrected chi connectivity index (χ1v) is 8.61. The zero-order valence-electron chi connectivity index (χ0n) is 15.1. The van der Waals surface area contributed by atoms with E-state index >= 15 is 0 Å². The summed E-state index contributed by atoms with van der Waals surface area (Å²) in [6.07, 6.45) is 4.47. The molecular formula is C17H31IN4O3. The first kappa shape index (κ1) is 23.7. The van der Waals surface area contributed by atoms with E-state index < -0.39 is 0 Å². The Balaban J connectivity index is 0.00000576. The van der Waals surface area contributed by atoms with Crippen LogP contribution in [0.1, 0.15) is 38.9 Å². The molecule has 1 unspecified atom stereocenters. The van der Waals surface area contributed by atoms with Crippen molar-refractivity contribution < 1.29 is 14.3 Å². The first-order chi connectivity index (χ1) is 11.7. The average Bonchev–Trinajstić information content (AvgIpc) is 3.09. The molecule has 0 bridgehead atoms. The number of rotatable bonds is 11. The molecule has 1 aromatic heterocycles. The number of halogens is 1. The summed E-state index contributed by atoms with van der Waals surface area (Å²) in [4.78, 5) is 16.1. The lowest BCUT2D eigenvalue weighted by Crippen LogP contribution is -2.40. The van der Waals surface area contributed by atoms with E-state index in [0.29, 0.717) is 24.2 Å². The van der Waals surface area contributed by atoms with E-state index in [-0.39, 0.29) is 43.0 Å². The van der Waals surface area contributed by atoms with E-state index in [4.69, 9.17) is 9.52 Å². The summed E-state index contributed by atoms with van der Waals surface area (Å²) in [7, 11) is 0. The summed E-state index contributed by atoms with van der Waals surface area (Å²) in [5.41, 5.74) is 0. The van der Waals surface area contributed by atoms with Crippen molar-refractivity contribution >= 4 is 35.8 Å². The number of furan rings is 1. The van der Waals surface area contributed by atoms with Crippen LogP contribution >= 0.6 is 24.0 Å². The van der Waals surface area contributed by atoms with E-state index in [1.807, 2.05) is 13.0 Å². The standard InChI is InChI=1S/C17H30N4O3.HI/c1-3-6-14(8-9-22)11-20-17(18-4-2)21-13-16(23)19-12-15-7-5-10-24-15;/h5,7,10,14,22H,3-4,6,8-9,11-13H2,1-2H3,(H,19,23)(H2,18,20,21);1H. The molecule has 1 atom stereocenters. The highest BCUT2D eigenvalue weighted by Crippen LogP contribution is 2.09. The summed E-state index contributed by atoms with van der Waals surface area (Å²) < 4.78 is 5.16. The fraction of sp³-hybridized carbons (Fsp3) is 0.647. The zero-order chi connectivity index (χ0) is 17.6. The number of carbonyl (C=O) groups excluding carboxylic acids is 1. The molecule has 144 valence electrons. The van der Waals surface area contributed by atoms with Crippen molar-refractivity contribution in [3.8, 4) is 0 Å². The number of aliphatic imine (C=N–C) groups is 1. The fourth-order valence-electron chi connectivity index (χ4n) is 2.33. The van der Waals surface area contributed by atoms with Gasteiger partial charge < -0.3 is 25.5 Å². The Bertz CT molecular complexity index is 474. The van der Waals surface area contributed by atoms with Crippen molar-refractivity contribution in [1.82, 2.24) is 16.0 Å². The molecule has 4 N–H and O–H groups in total. The molecule has 1 amide bonds. The summed E-state index contributed by atoms with van der Waals surface area (Å²) in [5, 5.41) is 18.2. The number of nitrogens with one attached hydrogen (secondary N) is 3. The van der Waals surface area contributed by atoms with Crippen LogP contribution < -0.4 is 16.0 Å². The van der Waals surface area contributed by atoms with Crippen molar-refractivity contribution in [2.45, 2.75) is 39.7 Å². The van der Waals surface area contributed by atoms with Crippen LogP contribution in [0.4, 0.5) is 0 Å². The van der Waals surface area contributed by atoms with Crippen LogP contribution in [0.15, 0.2) is 27.8 Å². The lowest BCUT2D eigenvalue weighted by molar-refractivity contribution is -0.119. The molecule has 0 aromatic carbocycles. The highest BCUT2D eigenvalue weighted by molar-refractivity contribution is 14.0. The van der Waals surface area contributed by atoms with Crippen molar-refractivity contribution in [1.29, 1.82) is 0 Å². The summed E-state index contributed by atoms with van der Waals surface area (Å²) in [5.74, 6) is 1.56. The molecule has 0 aliphatic rings. The van der Waals surface area contributed by atoms with E-state index in [9.17, 15) is 4.79 Å². The minimum absolute atomic E-state index is 0. The Hall–Kier alpha value is -1.29. The van der Waals surface area contributed by atoms with Gasteiger partial charge in [-0.15, -0.1) is 24.0 Å². The van der Waals surface area contributed by atoms with Gasteiger partial charge in [0, 0.05) is 19.7 Å². The number of guanidine groups is 1. The number of aliphatic hydroxyl groups excluding tert-OH is 1. The van der Waals surface area contributed by atoms with Gasteiger partial charge in [0.05, 0.1) is 12.8 Å². The predicted octanol–water partition coefficient (Wildman–Crippen LogP) is 1.87. The van der Waals surface area contributed by atoms with Crippen LogP contribution in [0.5, 0.6) is 0 Å². The molecule has 7 nitrogen and oxygen atoms in total. The lowest BCUT2D eigenvalue weighted by Gasteiger charge is -2.18. The van der Waals surface area contributed by atoms with Gasteiger partial charge in [0.15, 0.2) is 5.96 Å². The number of amides is 1. The lowest BCUT2D eigenvalue weighted by atomic mass is 10.0. The number of hydrogen-bond donors (Lipinski definition) is 4. The first-order valence-electron chi connectivity index (χ1n) is 8.61. The molecule has 0 saturated heterocycles. The summed E-state index contributed by atoms with van der Waals surface area (Å²) in [6.45, 7) is 6.16. The van der Waals surface area contributed by atoms with E-state index in [0.717, 1.165) is 32.4 Å². The molecule has 0 aliphatic heterocycles. The van der Waals surface area contributed by atoms with Gasteiger partial charge in [-0.05, 0) is 37.8 Å². The minimum atomic E-state index is -0.163.